The number of benzene rings is 7. The van der Waals surface area contributed by atoms with Crippen LogP contribution in [0.2, 0.25) is 0 Å². The summed E-state index contributed by atoms with van der Waals surface area (Å²) < 4.78 is 6.85. The molecule has 3 heterocycles. The molecule has 7 aromatic carbocycles. The van der Waals surface area contributed by atoms with Crippen LogP contribution in [0.1, 0.15) is 28.2 Å². The Hall–Kier alpha value is -6.56. The fourth-order valence-corrected chi connectivity index (χ4v) is 9.66. The molecule has 0 amide bonds. The van der Waals surface area contributed by atoms with Gasteiger partial charge in [-0.3, -0.25) is 0 Å². The van der Waals surface area contributed by atoms with Crippen LogP contribution in [0.3, 0.4) is 0 Å². The molecule has 1 aliphatic carbocycles. The summed E-state index contributed by atoms with van der Waals surface area (Å²) in [6.07, 6.45) is 2.47. The zero-order valence-corrected chi connectivity index (χ0v) is 29.9. The van der Waals surface area contributed by atoms with Crippen LogP contribution in [0.15, 0.2) is 185 Å². The van der Waals surface area contributed by atoms with E-state index in [1.807, 2.05) is 60.3 Å². The van der Waals surface area contributed by atoms with Crippen LogP contribution in [0.4, 0.5) is 0 Å². The first-order valence-corrected chi connectivity index (χ1v) is 19.1. The van der Waals surface area contributed by atoms with Gasteiger partial charge in [-0.2, -0.15) is 0 Å². The van der Waals surface area contributed by atoms with E-state index in [9.17, 15) is 0 Å². The third kappa shape index (κ3) is 5.04. The molecule has 2 unspecified atom stereocenters. The summed E-state index contributed by atoms with van der Waals surface area (Å²) in [6.45, 7) is 0. The van der Waals surface area contributed by atoms with Gasteiger partial charge in [0.05, 0.1) is 0 Å². The standard InChI is InChI=1S/C49H31N3OS/c1-3-13-30(14-4-1)31-25-27-33(28-26-31)48-50-47(32-15-5-2-6-16-32)51-49(52-48)39-22-12-23-41-44(39)38-21-11-20-36(46(38)53-41)40-29-43-45(35-18-8-7-17-34(35)40)37-19-9-10-24-42(37)54-43/h1-29,43,45H. The van der Waals surface area contributed by atoms with E-state index in [-0.39, 0.29) is 0 Å². The second-order valence-electron chi connectivity index (χ2n) is 13.8. The lowest BCUT2D eigenvalue weighted by molar-refractivity contribution is 0.667. The zero-order valence-electron chi connectivity index (χ0n) is 29.1. The van der Waals surface area contributed by atoms with Crippen LogP contribution in [0.25, 0.3) is 72.8 Å². The van der Waals surface area contributed by atoms with Crippen molar-refractivity contribution in [1.82, 2.24) is 15.0 Å². The number of thioether (sulfide) groups is 1. The molecule has 0 spiro atoms. The number of fused-ring (bicyclic) bond motifs is 8. The van der Waals surface area contributed by atoms with Crippen LogP contribution in [-0.2, 0) is 0 Å². The predicted octanol–water partition coefficient (Wildman–Crippen LogP) is 12.5. The smallest absolute Gasteiger partial charge is 0.164 e. The Morgan fingerprint density at radius 1 is 0.444 bits per heavy atom. The molecule has 54 heavy (non-hydrogen) atoms. The van der Waals surface area contributed by atoms with Crippen molar-refractivity contribution < 1.29 is 4.42 Å². The normalized spacial score (nSPS) is 15.8. The van der Waals surface area contributed by atoms with Gasteiger partial charge in [-0.25, -0.2) is 15.0 Å². The van der Waals surface area contributed by atoms with Gasteiger partial charge in [0.25, 0.3) is 0 Å². The Bertz CT molecular complexity index is 2920. The topological polar surface area (TPSA) is 51.8 Å². The molecule has 0 saturated carbocycles. The van der Waals surface area contributed by atoms with E-state index in [0.29, 0.717) is 28.6 Å². The highest BCUT2D eigenvalue weighted by atomic mass is 32.2. The highest BCUT2D eigenvalue weighted by Gasteiger charge is 2.38. The molecular weight excluding hydrogens is 679 g/mol. The van der Waals surface area contributed by atoms with E-state index < -0.39 is 0 Å². The SMILES string of the molecule is C1=C(c2cccc3c2oc2cccc(-c4nc(-c5ccccc5)nc(-c5ccc(-c6ccccc6)cc5)n4)c23)c2ccccc2C2c3ccccc3SC12. The lowest BCUT2D eigenvalue weighted by atomic mass is 9.77. The first-order chi connectivity index (χ1) is 26.8. The Labute approximate surface area is 316 Å². The Morgan fingerprint density at radius 2 is 1.02 bits per heavy atom. The van der Waals surface area contributed by atoms with Crippen LogP contribution in [0.5, 0.6) is 0 Å². The number of hydrogen-bond acceptors (Lipinski definition) is 5. The van der Waals surface area contributed by atoms with Gasteiger partial charge in [0, 0.05) is 49.1 Å². The minimum absolute atomic E-state index is 0.310. The number of nitrogens with zero attached hydrogens (tertiary/aromatic N) is 3. The molecular formula is C49H31N3OS. The quantitative estimate of drug-likeness (QED) is 0.178. The van der Waals surface area contributed by atoms with Crippen molar-refractivity contribution in [2.24, 2.45) is 0 Å². The van der Waals surface area contributed by atoms with Crippen molar-refractivity contribution in [3.63, 3.8) is 0 Å². The molecule has 0 bridgehead atoms. The zero-order chi connectivity index (χ0) is 35.6. The number of rotatable bonds is 5. The van der Waals surface area contributed by atoms with E-state index >= 15 is 0 Å². The predicted molar refractivity (Wildman–Crippen MR) is 220 cm³/mol. The summed E-state index contributed by atoms with van der Waals surface area (Å²) in [7, 11) is 0. The summed E-state index contributed by atoms with van der Waals surface area (Å²) in [5.41, 5.74) is 13.1. The van der Waals surface area contributed by atoms with E-state index in [1.165, 1.54) is 32.7 Å². The van der Waals surface area contributed by atoms with E-state index in [1.54, 1.807) is 0 Å². The van der Waals surface area contributed by atoms with Crippen molar-refractivity contribution in [3.05, 3.63) is 198 Å². The summed E-state index contributed by atoms with van der Waals surface area (Å²) in [4.78, 5) is 16.7. The first kappa shape index (κ1) is 31.0. The van der Waals surface area contributed by atoms with Gasteiger partial charge < -0.3 is 4.42 Å². The molecule has 0 saturated heterocycles. The Morgan fingerprint density at radius 3 is 1.81 bits per heavy atom. The van der Waals surface area contributed by atoms with Crippen LogP contribution >= 0.6 is 11.8 Å². The van der Waals surface area contributed by atoms with E-state index in [0.717, 1.165) is 49.8 Å². The highest BCUT2D eigenvalue weighted by molar-refractivity contribution is 8.00. The van der Waals surface area contributed by atoms with Gasteiger partial charge in [-0.05, 0) is 45.5 Å². The molecule has 11 rings (SSSR count). The average molecular weight is 710 g/mol. The van der Waals surface area contributed by atoms with Gasteiger partial charge in [-0.1, -0.05) is 164 Å². The molecule has 1 aliphatic heterocycles. The summed E-state index contributed by atoms with van der Waals surface area (Å²) in [6, 6.07) is 59.4. The largest absolute Gasteiger partial charge is 0.455 e. The molecule has 2 atom stereocenters. The fraction of sp³-hybridized carbons (Fsp3) is 0.0408. The molecule has 0 N–H and O–H groups in total. The maximum atomic E-state index is 6.85. The van der Waals surface area contributed by atoms with Crippen molar-refractivity contribution in [1.29, 1.82) is 0 Å². The molecule has 254 valence electrons. The van der Waals surface area contributed by atoms with Crippen molar-refractivity contribution >= 4 is 39.3 Å². The van der Waals surface area contributed by atoms with Gasteiger partial charge in [0.15, 0.2) is 17.5 Å². The lowest BCUT2D eigenvalue weighted by Crippen LogP contribution is -2.17. The second kappa shape index (κ2) is 12.5. The minimum atomic E-state index is 0.310. The monoisotopic (exact) mass is 709 g/mol. The highest BCUT2D eigenvalue weighted by Crippen LogP contribution is 2.55. The Kier molecular flexibility index (Phi) is 7.20. The Balaban J connectivity index is 1.07. The molecule has 2 aromatic heterocycles. The number of furan rings is 1. The van der Waals surface area contributed by atoms with Crippen molar-refractivity contribution in [2.75, 3.05) is 0 Å². The third-order valence-electron chi connectivity index (χ3n) is 10.7. The molecule has 0 fully saturated rings. The molecule has 5 heteroatoms. The molecule has 0 radical (unpaired) electrons. The second-order valence-corrected chi connectivity index (χ2v) is 15.1. The summed E-state index contributed by atoms with van der Waals surface area (Å²) in [5.74, 6) is 2.19. The average Bonchev–Trinajstić information content (AvgIpc) is 3.83. The van der Waals surface area contributed by atoms with Gasteiger partial charge in [-0.15, -0.1) is 11.8 Å². The van der Waals surface area contributed by atoms with Crippen molar-refractivity contribution in [3.8, 4) is 45.3 Å². The lowest BCUT2D eigenvalue weighted by Gasteiger charge is -2.28. The van der Waals surface area contributed by atoms with Crippen LogP contribution in [-0.4, -0.2) is 20.2 Å². The van der Waals surface area contributed by atoms with E-state index in [4.69, 9.17) is 19.4 Å². The molecule has 2 aliphatic rings. The van der Waals surface area contributed by atoms with Crippen molar-refractivity contribution in [2.45, 2.75) is 16.1 Å². The molecule has 9 aromatic rings. The fourth-order valence-electron chi connectivity index (χ4n) is 8.24. The number of hydrogen-bond donors (Lipinski definition) is 0. The summed E-state index contributed by atoms with van der Waals surface area (Å²) >= 11 is 1.96. The first-order valence-electron chi connectivity index (χ1n) is 18.3. The van der Waals surface area contributed by atoms with E-state index in [2.05, 4.69) is 127 Å². The maximum Gasteiger partial charge on any atom is 0.164 e. The van der Waals surface area contributed by atoms with Crippen LogP contribution in [0, 0.1) is 0 Å². The van der Waals surface area contributed by atoms with Crippen LogP contribution < -0.4 is 0 Å². The summed E-state index contributed by atoms with van der Waals surface area (Å²) in [5, 5.41) is 2.34. The number of aromatic nitrogens is 3. The van der Waals surface area contributed by atoms with Gasteiger partial charge >= 0.3 is 0 Å². The minimum Gasteiger partial charge on any atom is -0.455 e. The molecule has 4 nitrogen and oxygen atoms in total. The van der Waals surface area contributed by atoms with Gasteiger partial charge in [0.1, 0.15) is 11.2 Å². The third-order valence-corrected chi connectivity index (χ3v) is 12.0. The van der Waals surface area contributed by atoms with Gasteiger partial charge in [0.2, 0.25) is 0 Å². The number of para-hydroxylation sites is 1. The maximum absolute atomic E-state index is 6.85.